The zero-order chi connectivity index (χ0) is 26.1. The molecule has 0 bridgehead atoms. The lowest BCUT2D eigenvalue weighted by molar-refractivity contribution is -0.141. The van der Waals surface area contributed by atoms with Gasteiger partial charge in [0.1, 0.15) is 11.9 Å². The standard InChI is InChI=1S/C25H33FN4O5S/c1-28(36(2,33)34)19-23(31)30(18-20-8-10-22(26)11-9-20)24(21-6-4-3-5-7-21)25(32)27-12-13-29-14-16-35-17-15-29/h3-11,24H,12-19H2,1-2H3,(H,27,32)/t24-/m0/s1. The first kappa shape index (κ1) is 27.7. The average molecular weight is 521 g/mol. The van der Waals surface area contributed by atoms with Crippen LogP contribution in [0.15, 0.2) is 54.6 Å². The summed E-state index contributed by atoms with van der Waals surface area (Å²) in [6.45, 7) is 3.43. The van der Waals surface area contributed by atoms with Crippen LogP contribution in [0, 0.1) is 5.82 Å². The van der Waals surface area contributed by atoms with Crippen LogP contribution in [0.1, 0.15) is 17.2 Å². The van der Waals surface area contributed by atoms with Crippen LogP contribution in [0.25, 0.3) is 0 Å². The van der Waals surface area contributed by atoms with Crippen molar-refractivity contribution in [3.63, 3.8) is 0 Å². The highest BCUT2D eigenvalue weighted by molar-refractivity contribution is 7.88. The molecule has 9 nitrogen and oxygen atoms in total. The van der Waals surface area contributed by atoms with Crippen LogP contribution in [0.2, 0.25) is 0 Å². The quantitative estimate of drug-likeness (QED) is 0.479. The highest BCUT2D eigenvalue weighted by Gasteiger charge is 2.33. The summed E-state index contributed by atoms with van der Waals surface area (Å²) in [4.78, 5) is 30.5. The summed E-state index contributed by atoms with van der Waals surface area (Å²) < 4.78 is 43.7. The van der Waals surface area contributed by atoms with E-state index in [1.807, 2.05) is 0 Å². The van der Waals surface area contributed by atoms with Gasteiger partial charge in [0.05, 0.1) is 26.0 Å². The fourth-order valence-electron chi connectivity index (χ4n) is 3.88. The number of nitrogens with one attached hydrogen (secondary N) is 1. The van der Waals surface area contributed by atoms with Crippen molar-refractivity contribution in [3.05, 3.63) is 71.5 Å². The molecule has 0 aliphatic carbocycles. The normalized spacial score (nSPS) is 15.4. The van der Waals surface area contributed by atoms with E-state index < -0.39 is 34.3 Å². The Balaban J connectivity index is 1.87. The number of carbonyl (C=O) groups excluding carboxylic acids is 2. The molecule has 1 atom stereocenters. The molecule has 0 unspecified atom stereocenters. The first-order valence-electron chi connectivity index (χ1n) is 11.7. The summed E-state index contributed by atoms with van der Waals surface area (Å²) in [6.07, 6.45) is 1.01. The van der Waals surface area contributed by atoms with Crippen molar-refractivity contribution in [3.8, 4) is 0 Å². The van der Waals surface area contributed by atoms with Crippen LogP contribution in [0.5, 0.6) is 0 Å². The molecule has 1 aliphatic heterocycles. The number of rotatable bonds is 11. The third-order valence-corrected chi connectivity index (χ3v) is 7.28. The van der Waals surface area contributed by atoms with Gasteiger partial charge >= 0.3 is 0 Å². The number of amides is 2. The molecule has 0 radical (unpaired) electrons. The molecule has 0 saturated carbocycles. The van der Waals surface area contributed by atoms with E-state index in [0.717, 1.165) is 23.7 Å². The molecule has 2 aromatic carbocycles. The van der Waals surface area contributed by atoms with Crippen molar-refractivity contribution in [1.82, 2.24) is 19.4 Å². The fourth-order valence-corrected chi connectivity index (χ4v) is 4.22. The maximum Gasteiger partial charge on any atom is 0.247 e. The molecule has 1 N–H and O–H groups in total. The predicted octanol–water partition coefficient (Wildman–Crippen LogP) is 1.24. The third-order valence-electron chi connectivity index (χ3n) is 6.02. The molecular formula is C25H33FN4O5S. The summed E-state index contributed by atoms with van der Waals surface area (Å²) >= 11 is 0. The Morgan fingerprint density at radius 2 is 1.72 bits per heavy atom. The molecule has 1 fully saturated rings. The molecule has 36 heavy (non-hydrogen) atoms. The predicted molar refractivity (Wildman–Crippen MR) is 134 cm³/mol. The van der Waals surface area contributed by atoms with E-state index in [4.69, 9.17) is 4.74 Å². The zero-order valence-corrected chi connectivity index (χ0v) is 21.4. The molecule has 2 aromatic rings. The van der Waals surface area contributed by atoms with Gasteiger partial charge in [-0.15, -0.1) is 0 Å². The van der Waals surface area contributed by atoms with Crippen molar-refractivity contribution in [2.75, 3.05) is 59.2 Å². The number of hydrogen-bond acceptors (Lipinski definition) is 6. The molecule has 196 valence electrons. The molecule has 0 aromatic heterocycles. The van der Waals surface area contributed by atoms with Crippen LogP contribution in [0.3, 0.4) is 0 Å². The number of likely N-dealkylation sites (N-methyl/N-ethyl adjacent to an activating group) is 1. The van der Waals surface area contributed by atoms with Gasteiger partial charge in [-0.3, -0.25) is 14.5 Å². The SMILES string of the molecule is CN(CC(=O)N(Cc1ccc(F)cc1)[C@H](C(=O)NCCN1CCOCC1)c1ccccc1)S(C)(=O)=O. The molecule has 1 aliphatic rings. The van der Waals surface area contributed by atoms with Gasteiger partial charge in [-0.05, 0) is 23.3 Å². The number of morpholine rings is 1. The zero-order valence-electron chi connectivity index (χ0n) is 20.6. The molecule has 1 saturated heterocycles. The Labute approximate surface area is 211 Å². The van der Waals surface area contributed by atoms with Crippen molar-refractivity contribution >= 4 is 21.8 Å². The van der Waals surface area contributed by atoms with Crippen molar-refractivity contribution < 1.29 is 27.1 Å². The number of hydrogen-bond donors (Lipinski definition) is 1. The molecule has 3 rings (SSSR count). The Bertz CT molecular complexity index is 1110. The lowest BCUT2D eigenvalue weighted by atomic mass is 10.0. The number of carbonyl (C=O) groups is 2. The number of nitrogens with zero attached hydrogens (tertiary/aromatic N) is 3. The Morgan fingerprint density at radius 1 is 1.08 bits per heavy atom. The van der Waals surface area contributed by atoms with Gasteiger partial charge in [-0.2, -0.15) is 4.31 Å². The van der Waals surface area contributed by atoms with Crippen LogP contribution in [-0.4, -0.2) is 93.6 Å². The second kappa shape index (κ2) is 12.9. The maximum absolute atomic E-state index is 13.5. The van der Waals surface area contributed by atoms with E-state index in [0.29, 0.717) is 37.4 Å². The minimum absolute atomic E-state index is 0.00679. The molecule has 0 spiro atoms. The summed E-state index contributed by atoms with van der Waals surface area (Å²) in [5, 5.41) is 2.94. The van der Waals surface area contributed by atoms with Gasteiger partial charge in [0, 0.05) is 39.8 Å². The minimum Gasteiger partial charge on any atom is -0.379 e. The topological polar surface area (TPSA) is 99.3 Å². The van der Waals surface area contributed by atoms with Gasteiger partial charge < -0.3 is 15.0 Å². The maximum atomic E-state index is 13.5. The smallest absolute Gasteiger partial charge is 0.247 e. The van der Waals surface area contributed by atoms with E-state index in [-0.39, 0.29) is 12.5 Å². The lowest BCUT2D eigenvalue weighted by Gasteiger charge is -2.33. The van der Waals surface area contributed by atoms with Crippen LogP contribution in [0.4, 0.5) is 4.39 Å². The van der Waals surface area contributed by atoms with E-state index >= 15 is 0 Å². The van der Waals surface area contributed by atoms with Gasteiger partial charge in [0.15, 0.2) is 0 Å². The van der Waals surface area contributed by atoms with Gasteiger partial charge in [-0.1, -0.05) is 42.5 Å². The molecule has 1 heterocycles. The second-order valence-corrected chi connectivity index (χ2v) is 10.8. The Morgan fingerprint density at radius 3 is 2.33 bits per heavy atom. The minimum atomic E-state index is -3.63. The molecule has 11 heteroatoms. The van der Waals surface area contributed by atoms with Crippen LogP contribution < -0.4 is 5.32 Å². The van der Waals surface area contributed by atoms with Crippen LogP contribution >= 0.6 is 0 Å². The summed E-state index contributed by atoms with van der Waals surface area (Å²) in [5.41, 5.74) is 1.19. The van der Waals surface area contributed by atoms with Crippen molar-refractivity contribution in [2.24, 2.45) is 0 Å². The Hall–Kier alpha value is -2.86. The number of ether oxygens (including phenoxy) is 1. The van der Waals surface area contributed by atoms with Gasteiger partial charge in [0.25, 0.3) is 0 Å². The van der Waals surface area contributed by atoms with Gasteiger partial charge in [0.2, 0.25) is 21.8 Å². The first-order chi connectivity index (χ1) is 17.1. The number of sulfonamides is 1. The largest absolute Gasteiger partial charge is 0.379 e. The monoisotopic (exact) mass is 520 g/mol. The van der Waals surface area contributed by atoms with Crippen molar-refractivity contribution in [2.45, 2.75) is 12.6 Å². The summed E-state index contributed by atoms with van der Waals surface area (Å²) in [5.74, 6) is -1.36. The van der Waals surface area contributed by atoms with E-state index in [1.54, 1.807) is 30.3 Å². The van der Waals surface area contributed by atoms with E-state index in [1.165, 1.54) is 36.2 Å². The lowest BCUT2D eigenvalue weighted by Crippen LogP contribution is -2.48. The summed E-state index contributed by atoms with van der Waals surface area (Å²) in [7, 11) is -2.32. The van der Waals surface area contributed by atoms with E-state index in [2.05, 4.69) is 10.2 Å². The first-order valence-corrected chi connectivity index (χ1v) is 13.6. The molecule has 2 amide bonds. The van der Waals surface area contributed by atoms with E-state index in [9.17, 15) is 22.4 Å². The second-order valence-electron chi connectivity index (χ2n) is 8.73. The number of halogens is 1. The number of benzene rings is 2. The fraction of sp³-hybridized carbons (Fsp3) is 0.440. The summed E-state index contributed by atoms with van der Waals surface area (Å²) in [6, 6.07) is 13.5. The molecular weight excluding hydrogens is 487 g/mol. The van der Waals surface area contributed by atoms with Crippen molar-refractivity contribution in [1.29, 1.82) is 0 Å². The van der Waals surface area contributed by atoms with Gasteiger partial charge in [-0.25, -0.2) is 12.8 Å². The Kier molecular flexibility index (Phi) is 9.94. The third kappa shape index (κ3) is 8.09. The highest BCUT2D eigenvalue weighted by Crippen LogP contribution is 2.24. The highest BCUT2D eigenvalue weighted by atomic mass is 32.2. The van der Waals surface area contributed by atoms with Crippen LogP contribution in [-0.2, 0) is 30.9 Å². The average Bonchev–Trinajstić information content (AvgIpc) is 2.85.